The Morgan fingerprint density at radius 3 is 2.48 bits per heavy atom. The Balaban J connectivity index is 2.41. The first-order valence-electron chi connectivity index (χ1n) is 7.90. The normalized spacial score (nSPS) is 12.6. The topological polar surface area (TPSA) is 29.9 Å². The minimum atomic E-state index is 0.210. The molecule has 0 saturated carbocycles. The molecule has 3 nitrogen and oxygen atoms in total. The van der Waals surface area contributed by atoms with Crippen LogP contribution in [0.4, 0.5) is 0 Å². The van der Waals surface area contributed by atoms with Crippen molar-refractivity contribution in [2.75, 3.05) is 6.54 Å². The van der Waals surface area contributed by atoms with Gasteiger partial charge in [-0.1, -0.05) is 32.0 Å². The van der Waals surface area contributed by atoms with Crippen molar-refractivity contribution in [1.29, 1.82) is 0 Å². The van der Waals surface area contributed by atoms with Gasteiger partial charge in [-0.2, -0.15) is 5.10 Å². The van der Waals surface area contributed by atoms with Gasteiger partial charge in [-0.05, 0) is 56.0 Å². The van der Waals surface area contributed by atoms with Gasteiger partial charge in [0.2, 0.25) is 0 Å². The summed E-state index contributed by atoms with van der Waals surface area (Å²) in [5.74, 6) is 0. The molecule has 0 aliphatic carbocycles. The van der Waals surface area contributed by atoms with Crippen LogP contribution in [-0.4, -0.2) is 16.3 Å². The first kappa shape index (κ1) is 15.8. The van der Waals surface area contributed by atoms with Crippen molar-refractivity contribution < 1.29 is 0 Å². The fourth-order valence-electron chi connectivity index (χ4n) is 2.61. The standard InChI is InChI=1S/C18H27N3/c1-6-10-19-18(15-9-8-13(3)14(4)11-15)17-12-16(7-2)20-21(17)5/h8-9,11-12,18-19H,6-7,10H2,1-5H3. The number of nitrogens with one attached hydrogen (secondary N) is 1. The summed E-state index contributed by atoms with van der Waals surface area (Å²) in [5.41, 5.74) is 6.39. The number of nitrogens with zero attached hydrogens (tertiary/aromatic N) is 2. The van der Waals surface area contributed by atoms with Crippen molar-refractivity contribution in [1.82, 2.24) is 15.1 Å². The second-order valence-corrected chi connectivity index (χ2v) is 5.77. The van der Waals surface area contributed by atoms with Gasteiger partial charge in [0, 0.05) is 7.05 Å². The van der Waals surface area contributed by atoms with Crippen LogP contribution in [0, 0.1) is 13.8 Å². The number of hydrogen-bond acceptors (Lipinski definition) is 2. The molecule has 1 unspecified atom stereocenters. The van der Waals surface area contributed by atoms with Gasteiger partial charge in [-0.15, -0.1) is 0 Å². The molecular weight excluding hydrogens is 258 g/mol. The lowest BCUT2D eigenvalue weighted by Crippen LogP contribution is -2.25. The molecule has 0 saturated heterocycles. The molecular formula is C18H27N3. The van der Waals surface area contributed by atoms with Gasteiger partial charge in [0.1, 0.15) is 0 Å². The summed E-state index contributed by atoms with van der Waals surface area (Å²) in [6.07, 6.45) is 2.10. The Kier molecular flexibility index (Phi) is 5.18. The average Bonchev–Trinajstić information content (AvgIpc) is 2.84. The highest BCUT2D eigenvalue weighted by molar-refractivity contribution is 5.35. The number of rotatable bonds is 6. The van der Waals surface area contributed by atoms with E-state index in [9.17, 15) is 0 Å². The molecule has 1 heterocycles. The van der Waals surface area contributed by atoms with Crippen molar-refractivity contribution in [3.63, 3.8) is 0 Å². The van der Waals surface area contributed by atoms with Crippen LogP contribution in [0.15, 0.2) is 24.3 Å². The van der Waals surface area contributed by atoms with Gasteiger partial charge in [0.05, 0.1) is 17.4 Å². The fourth-order valence-corrected chi connectivity index (χ4v) is 2.61. The minimum Gasteiger partial charge on any atom is -0.305 e. The molecule has 21 heavy (non-hydrogen) atoms. The number of aromatic nitrogens is 2. The van der Waals surface area contributed by atoms with Crippen LogP contribution >= 0.6 is 0 Å². The molecule has 1 atom stereocenters. The maximum Gasteiger partial charge on any atom is 0.0748 e. The second kappa shape index (κ2) is 6.90. The van der Waals surface area contributed by atoms with Gasteiger partial charge in [0.25, 0.3) is 0 Å². The molecule has 1 aromatic carbocycles. The third-order valence-electron chi connectivity index (χ3n) is 4.09. The van der Waals surface area contributed by atoms with E-state index in [1.807, 2.05) is 11.7 Å². The molecule has 114 valence electrons. The van der Waals surface area contributed by atoms with Crippen LogP contribution < -0.4 is 5.32 Å². The lowest BCUT2D eigenvalue weighted by atomic mass is 9.98. The minimum absolute atomic E-state index is 0.210. The molecule has 2 aromatic rings. The first-order chi connectivity index (χ1) is 10.1. The Bertz CT molecular complexity index is 599. The van der Waals surface area contributed by atoms with Crippen LogP contribution in [0.3, 0.4) is 0 Å². The van der Waals surface area contributed by atoms with Crippen LogP contribution in [0.25, 0.3) is 0 Å². The highest BCUT2D eigenvalue weighted by atomic mass is 15.3. The molecule has 0 fully saturated rings. The van der Waals surface area contributed by atoms with Crippen LogP contribution in [0.5, 0.6) is 0 Å². The Hall–Kier alpha value is -1.61. The second-order valence-electron chi connectivity index (χ2n) is 5.77. The molecule has 0 amide bonds. The zero-order valence-electron chi connectivity index (χ0n) is 13.9. The Labute approximate surface area is 128 Å². The van der Waals surface area contributed by atoms with E-state index in [0.29, 0.717) is 0 Å². The zero-order chi connectivity index (χ0) is 15.4. The van der Waals surface area contributed by atoms with Crippen LogP contribution in [-0.2, 0) is 13.5 Å². The van der Waals surface area contributed by atoms with E-state index in [2.05, 4.69) is 62.4 Å². The smallest absolute Gasteiger partial charge is 0.0748 e. The van der Waals surface area contributed by atoms with Gasteiger partial charge in [0.15, 0.2) is 0 Å². The summed E-state index contributed by atoms with van der Waals surface area (Å²) in [7, 11) is 2.04. The maximum absolute atomic E-state index is 4.60. The van der Waals surface area contributed by atoms with E-state index in [1.165, 1.54) is 22.4 Å². The lowest BCUT2D eigenvalue weighted by Gasteiger charge is -2.20. The molecule has 0 bridgehead atoms. The van der Waals surface area contributed by atoms with Crippen LogP contribution in [0.2, 0.25) is 0 Å². The van der Waals surface area contributed by atoms with E-state index in [0.717, 1.165) is 25.1 Å². The van der Waals surface area contributed by atoms with Crippen molar-refractivity contribution in [3.8, 4) is 0 Å². The predicted octanol–water partition coefficient (Wildman–Crippen LogP) is 3.69. The Morgan fingerprint density at radius 2 is 1.90 bits per heavy atom. The SMILES string of the molecule is CCCNC(c1ccc(C)c(C)c1)c1cc(CC)nn1C. The van der Waals surface area contributed by atoms with E-state index in [-0.39, 0.29) is 6.04 Å². The molecule has 0 spiro atoms. The van der Waals surface area contributed by atoms with Gasteiger partial charge in [-0.25, -0.2) is 0 Å². The third kappa shape index (κ3) is 3.53. The molecule has 3 heteroatoms. The summed E-state index contributed by atoms with van der Waals surface area (Å²) < 4.78 is 2.02. The highest BCUT2D eigenvalue weighted by Gasteiger charge is 2.18. The fraction of sp³-hybridized carbons (Fsp3) is 0.500. The van der Waals surface area contributed by atoms with Crippen molar-refractivity contribution in [2.24, 2.45) is 7.05 Å². The molecule has 0 aliphatic heterocycles. The lowest BCUT2D eigenvalue weighted by molar-refractivity contribution is 0.552. The Morgan fingerprint density at radius 1 is 1.14 bits per heavy atom. The van der Waals surface area contributed by atoms with E-state index in [1.54, 1.807) is 0 Å². The molecule has 1 N–H and O–H groups in total. The predicted molar refractivity (Wildman–Crippen MR) is 88.6 cm³/mol. The van der Waals surface area contributed by atoms with Gasteiger partial charge in [-0.3, -0.25) is 4.68 Å². The average molecular weight is 285 g/mol. The molecule has 1 aromatic heterocycles. The molecule has 0 aliphatic rings. The summed E-state index contributed by atoms with van der Waals surface area (Å²) in [5, 5.41) is 8.27. The van der Waals surface area contributed by atoms with Gasteiger partial charge < -0.3 is 5.32 Å². The summed E-state index contributed by atoms with van der Waals surface area (Å²) >= 11 is 0. The summed E-state index contributed by atoms with van der Waals surface area (Å²) in [4.78, 5) is 0. The first-order valence-corrected chi connectivity index (χ1v) is 7.90. The van der Waals surface area contributed by atoms with Gasteiger partial charge >= 0.3 is 0 Å². The van der Waals surface area contributed by atoms with E-state index >= 15 is 0 Å². The van der Waals surface area contributed by atoms with Crippen molar-refractivity contribution >= 4 is 0 Å². The third-order valence-corrected chi connectivity index (χ3v) is 4.09. The summed E-state index contributed by atoms with van der Waals surface area (Å²) in [6, 6.07) is 9.17. The quantitative estimate of drug-likeness (QED) is 0.877. The highest BCUT2D eigenvalue weighted by Crippen LogP contribution is 2.24. The number of hydrogen-bond donors (Lipinski definition) is 1. The van der Waals surface area contributed by atoms with Crippen molar-refractivity contribution in [3.05, 3.63) is 52.3 Å². The van der Waals surface area contributed by atoms with Crippen molar-refractivity contribution in [2.45, 2.75) is 46.6 Å². The van der Waals surface area contributed by atoms with Crippen LogP contribution in [0.1, 0.15) is 54.4 Å². The number of benzene rings is 1. The zero-order valence-corrected chi connectivity index (χ0v) is 13.9. The largest absolute Gasteiger partial charge is 0.305 e. The maximum atomic E-state index is 4.60. The van der Waals surface area contributed by atoms with E-state index < -0.39 is 0 Å². The molecule has 0 radical (unpaired) electrons. The van der Waals surface area contributed by atoms with E-state index in [4.69, 9.17) is 0 Å². The molecule has 2 rings (SSSR count). The summed E-state index contributed by atoms with van der Waals surface area (Å²) in [6.45, 7) is 9.69. The monoisotopic (exact) mass is 285 g/mol. The number of aryl methyl sites for hydroxylation is 4.